The van der Waals surface area contributed by atoms with E-state index in [1.54, 1.807) is 0 Å². The molecule has 7 heteroatoms. The Kier molecular flexibility index (Phi) is 4.97. The molecule has 0 radical (unpaired) electrons. The van der Waals surface area contributed by atoms with Crippen molar-refractivity contribution in [2.24, 2.45) is 0 Å². The quantitative estimate of drug-likeness (QED) is 0.846. The van der Waals surface area contributed by atoms with Gasteiger partial charge in [-0.05, 0) is 34.4 Å². The van der Waals surface area contributed by atoms with Crippen molar-refractivity contribution in [3.05, 3.63) is 41.7 Å². The highest BCUT2D eigenvalue weighted by molar-refractivity contribution is 5.75. The van der Waals surface area contributed by atoms with E-state index >= 15 is 0 Å². The minimum absolute atomic E-state index is 0.0619. The zero-order chi connectivity index (χ0) is 16.1. The number of benzene rings is 1. The number of carbonyl (C=O) groups is 1. The molecule has 1 aromatic carbocycles. The Hall–Kier alpha value is -2.28. The molecule has 1 aliphatic rings. The van der Waals surface area contributed by atoms with Gasteiger partial charge in [0.05, 0.1) is 0 Å². The van der Waals surface area contributed by atoms with E-state index in [0.29, 0.717) is 12.6 Å². The van der Waals surface area contributed by atoms with Crippen LogP contribution >= 0.6 is 0 Å². The summed E-state index contributed by atoms with van der Waals surface area (Å²) in [7, 11) is 0. The SMILES string of the molecule is CCC(CNC(=O)Cn1cnnn1)N1CCc2ccccc2C1. The summed E-state index contributed by atoms with van der Waals surface area (Å²) < 4.78 is 1.42. The highest BCUT2D eigenvalue weighted by Crippen LogP contribution is 2.21. The highest BCUT2D eigenvalue weighted by atomic mass is 16.2. The lowest BCUT2D eigenvalue weighted by Crippen LogP contribution is -2.46. The van der Waals surface area contributed by atoms with Crippen LogP contribution in [-0.2, 0) is 24.3 Å². The number of fused-ring (bicyclic) bond motifs is 1. The van der Waals surface area contributed by atoms with E-state index in [-0.39, 0.29) is 12.5 Å². The molecule has 1 aromatic heterocycles. The van der Waals surface area contributed by atoms with Gasteiger partial charge in [-0.1, -0.05) is 31.2 Å². The van der Waals surface area contributed by atoms with Gasteiger partial charge in [0.1, 0.15) is 12.9 Å². The van der Waals surface area contributed by atoms with Crippen LogP contribution in [0, 0.1) is 0 Å². The van der Waals surface area contributed by atoms with E-state index in [1.165, 1.54) is 22.1 Å². The molecule has 1 aliphatic heterocycles. The number of nitrogens with one attached hydrogen (secondary N) is 1. The van der Waals surface area contributed by atoms with Crippen molar-refractivity contribution in [2.45, 2.75) is 38.9 Å². The Morgan fingerprint density at radius 2 is 2.17 bits per heavy atom. The van der Waals surface area contributed by atoms with E-state index in [1.807, 2.05) is 0 Å². The largest absolute Gasteiger partial charge is 0.353 e. The molecule has 1 amide bonds. The molecule has 1 N–H and O–H groups in total. The fraction of sp³-hybridized carbons (Fsp3) is 0.500. The molecule has 1 atom stereocenters. The maximum atomic E-state index is 12.0. The van der Waals surface area contributed by atoms with Gasteiger partial charge in [0.25, 0.3) is 0 Å². The van der Waals surface area contributed by atoms with E-state index < -0.39 is 0 Å². The predicted molar refractivity (Wildman–Crippen MR) is 85.5 cm³/mol. The lowest BCUT2D eigenvalue weighted by atomic mass is 9.98. The van der Waals surface area contributed by atoms with Crippen LogP contribution in [0.4, 0.5) is 0 Å². The molecule has 0 saturated carbocycles. The number of hydrogen-bond donors (Lipinski definition) is 1. The molecule has 122 valence electrons. The molecular formula is C16H22N6O. The standard InChI is InChI=1S/C16H22N6O/c1-2-15(9-17-16(23)11-22-12-18-19-20-22)21-8-7-13-5-3-4-6-14(13)10-21/h3-6,12,15H,2,7-11H2,1H3,(H,17,23). The minimum atomic E-state index is -0.0619. The highest BCUT2D eigenvalue weighted by Gasteiger charge is 2.22. The van der Waals surface area contributed by atoms with Gasteiger partial charge in [-0.25, -0.2) is 4.68 Å². The minimum Gasteiger partial charge on any atom is -0.353 e. The third kappa shape index (κ3) is 3.92. The Labute approximate surface area is 135 Å². The summed E-state index contributed by atoms with van der Waals surface area (Å²) in [5, 5.41) is 13.8. The van der Waals surface area contributed by atoms with Crippen molar-refractivity contribution in [1.29, 1.82) is 0 Å². The Bertz CT molecular complexity index is 642. The predicted octanol–water partition coefficient (Wildman–Crippen LogP) is 0.626. The maximum Gasteiger partial charge on any atom is 0.241 e. The molecule has 2 aromatic rings. The van der Waals surface area contributed by atoms with Crippen LogP contribution in [0.3, 0.4) is 0 Å². The van der Waals surface area contributed by atoms with Crippen molar-refractivity contribution in [2.75, 3.05) is 13.1 Å². The molecule has 0 fully saturated rings. The zero-order valence-corrected chi connectivity index (χ0v) is 13.4. The first-order valence-electron chi connectivity index (χ1n) is 8.04. The first-order chi connectivity index (χ1) is 11.3. The summed E-state index contributed by atoms with van der Waals surface area (Å²) in [5.41, 5.74) is 2.85. The second-order valence-electron chi connectivity index (χ2n) is 5.86. The summed E-state index contributed by atoms with van der Waals surface area (Å²) in [4.78, 5) is 14.4. The smallest absolute Gasteiger partial charge is 0.241 e. The van der Waals surface area contributed by atoms with Gasteiger partial charge in [-0.15, -0.1) is 5.10 Å². The lowest BCUT2D eigenvalue weighted by Gasteiger charge is -2.35. The van der Waals surface area contributed by atoms with E-state index in [4.69, 9.17) is 0 Å². The van der Waals surface area contributed by atoms with Gasteiger partial charge in [0.2, 0.25) is 5.91 Å². The third-order valence-corrected chi connectivity index (χ3v) is 4.38. The molecule has 2 heterocycles. The van der Waals surface area contributed by atoms with Crippen LogP contribution in [0.2, 0.25) is 0 Å². The van der Waals surface area contributed by atoms with Gasteiger partial charge >= 0.3 is 0 Å². The topological polar surface area (TPSA) is 75.9 Å². The molecule has 0 saturated heterocycles. The van der Waals surface area contributed by atoms with Crippen molar-refractivity contribution >= 4 is 5.91 Å². The number of nitrogens with zero attached hydrogens (tertiary/aromatic N) is 5. The average molecular weight is 314 g/mol. The summed E-state index contributed by atoms with van der Waals surface area (Å²) in [6.45, 7) is 4.97. The number of rotatable bonds is 6. The van der Waals surface area contributed by atoms with E-state index in [0.717, 1.165) is 25.9 Å². The molecule has 0 aliphatic carbocycles. The van der Waals surface area contributed by atoms with E-state index in [9.17, 15) is 4.79 Å². The van der Waals surface area contributed by atoms with Crippen molar-refractivity contribution in [1.82, 2.24) is 30.4 Å². The monoisotopic (exact) mass is 314 g/mol. The second-order valence-corrected chi connectivity index (χ2v) is 5.86. The number of amides is 1. The van der Waals surface area contributed by atoms with Crippen LogP contribution in [0.5, 0.6) is 0 Å². The summed E-state index contributed by atoms with van der Waals surface area (Å²) >= 11 is 0. The van der Waals surface area contributed by atoms with Crippen molar-refractivity contribution < 1.29 is 4.79 Å². The molecule has 0 spiro atoms. The van der Waals surface area contributed by atoms with Gasteiger partial charge in [0, 0.05) is 25.7 Å². The molecule has 23 heavy (non-hydrogen) atoms. The van der Waals surface area contributed by atoms with Crippen LogP contribution in [0.15, 0.2) is 30.6 Å². The Morgan fingerprint density at radius 3 is 2.91 bits per heavy atom. The average Bonchev–Trinajstić information content (AvgIpc) is 3.08. The van der Waals surface area contributed by atoms with Crippen LogP contribution in [0.25, 0.3) is 0 Å². The Balaban J connectivity index is 1.53. The van der Waals surface area contributed by atoms with Crippen LogP contribution in [0.1, 0.15) is 24.5 Å². The molecule has 0 bridgehead atoms. The molecule has 7 nitrogen and oxygen atoms in total. The van der Waals surface area contributed by atoms with Crippen molar-refractivity contribution in [3.63, 3.8) is 0 Å². The van der Waals surface area contributed by atoms with Crippen LogP contribution in [-0.4, -0.2) is 50.1 Å². The third-order valence-electron chi connectivity index (χ3n) is 4.38. The lowest BCUT2D eigenvalue weighted by molar-refractivity contribution is -0.122. The van der Waals surface area contributed by atoms with E-state index in [2.05, 4.69) is 56.9 Å². The maximum absolute atomic E-state index is 12.0. The van der Waals surface area contributed by atoms with Gasteiger partial charge in [0.15, 0.2) is 0 Å². The number of tetrazole rings is 1. The first-order valence-corrected chi connectivity index (χ1v) is 8.04. The normalized spacial score (nSPS) is 15.9. The molecular weight excluding hydrogens is 292 g/mol. The summed E-state index contributed by atoms with van der Waals surface area (Å²) in [5.74, 6) is -0.0619. The van der Waals surface area contributed by atoms with Gasteiger partial charge < -0.3 is 5.32 Å². The number of aromatic nitrogens is 4. The Morgan fingerprint density at radius 1 is 1.35 bits per heavy atom. The second kappa shape index (κ2) is 7.32. The number of carbonyl (C=O) groups excluding carboxylic acids is 1. The number of hydrogen-bond acceptors (Lipinski definition) is 5. The summed E-state index contributed by atoms with van der Waals surface area (Å²) in [6, 6.07) is 8.95. The summed E-state index contributed by atoms with van der Waals surface area (Å²) in [6.07, 6.45) is 3.52. The fourth-order valence-electron chi connectivity index (χ4n) is 3.05. The first kappa shape index (κ1) is 15.6. The van der Waals surface area contributed by atoms with Crippen molar-refractivity contribution in [3.8, 4) is 0 Å². The zero-order valence-electron chi connectivity index (χ0n) is 13.4. The van der Waals surface area contributed by atoms with Crippen LogP contribution < -0.4 is 5.32 Å². The van der Waals surface area contributed by atoms with Gasteiger partial charge in [-0.2, -0.15) is 0 Å². The van der Waals surface area contributed by atoms with Gasteiger partial charge in [-0.3, -0.25) is 9.69 Å². The fourth-order valence-corrected chi connectivity index (χ4v) is 3.05. The molecule has 3 rings (SSSR count). The molecule has 1 unspecified atom stereocenters.